The lowest BCUT2D eigenvalue weighted by atomic mass is 10.3. The first-order chi connectivity index (χ1) is 4.81. The molecular weight excluding hydrogens is 178 g/mol. The molecule has 0 atom stereocenters. The SMILES string of the molecule is CCCCC(F)(F)S([O])(=O)=O. The Balaban J connectivity index is 4.24. The number of rotatable bonds is 4. The molecule has 0 aliphatic carbocycles. The van der Waals surface area contributed by atoms with Gasteiger partial charge in [0, 0.05) is 6.42 Å². The second-order valence-corrected chi connectivity index (χ2v) is 3.70. The fraction of sp³-hybridized carbons (Fsp3) is 1.00. The minimum Gasteiger partial charge on any atom is -0.190 e. The molecule has 0 saturated heterocycles. The Bertz CT molecular complexity index is 210. The Hall–Kier alpha value is -0.230. The van der Waals surface area contributed by atoms with Crippen LogP contribution < -0.4 is 0 Å². The largest absolute Gasteiger partial charge is 0.372 e. The summed E-state index contributed by atoms with van der Waals surface area (Å²) in [5.41, 5.74) is 0. The molecule has 0 aliphatic heterocycles. The van der Waals surface area contributed by atoms with Crippen molar-refractivity contribution in [1.82, 2.24) is 0 Å². The van der Waals surface area contributed by atoms with Gasteiger partial charge < -0.3 is 0 Å². The molecule has 6 heteroatoms. The van der Waals surface area contributed by atoms with Crippen molar-refractivity contribution in [2.75, 3.05) is 0 Å². The highest BCUT2D eigenvalue weighted by atomic mass is 32.2. The Morgan fingerprint density at radius 3 is 2.09 bits per heavy atom. The van der Waals surface area contributed by atoms with Crippen LogP contribution in [-0.2, 0) is 14.7 Å². The predicted molar refractivity (Wildman–Crippen MR) is 34.1 cm³/mol. The van der Waals surface area contributed by atoms with Crippen molar-refractivity contribution in [3.05, 3.63) is 0 Å². The summed E-state index contributed by atoms with van der Waals surface area (Å²) >= 11 is 0. The summed E-state index contributed by atoms with van der Waals surface area (Å²) in [4.78, 5) is 0. The van der Waals surface area contributed by atoms with Gasteiger partial charge in [-0.1, -0.05) is 17.9 Å². The Morgan fingerprint density at radius 2 is 1.82 bits per heavy atom. The first-order valence-electron chi connectivity index (χ1n) is 3.14. The minimum absolute atomic E-state index is 0.0362. The van der Waals surface area contributed by atoms with Crippen molar-refractivity contribution in [2.45, 2.75) is 31.4 Å². The highest BCUT2D eigenvalue weighted by Crippen LogP contribution is 2.26. The molecular formula is C5H9F2O3S. The third-order valence-electron chi connectivity index (χ3n) is 1.19. The van der Waals surface area contributed by atoms with Crippen molar-refractivity contribution >= 4 is 10.1 Å². The highest BCUT2D eigenvalue weighted by Gasteiger charge is 2.44. The summed E-state index contributed by atoms with van der Waals surface area (Å²) in [6.07, 6.45) is -0.408. The van der Waals surface area contributed by atoms with Crippen LogP contribution in [0.2, 0.25) is 0 Å². The summed E-state index contributed by atoms with van der Waals surface area (Å²) in [5, 5.41) is -4.09. The van der Waals surface area contributed by atoms with E-state index >= 15 is 0 Å². The smallest absolute Gasteiger partial charge is 0.190 e. The van der Waals surface area contributed by atoms with Gasteiger partial charge in [0.05, 0.1) is 0 Å². The van der Waals surface area contributed by atoms with Gasteiger partial charge in [-0.05, 0) is 6.42 Å². The lowest BCUT2D eigenvalue weighted by Crippen LogP contribution is -2.26. The average molecular weight is 187 g/mol. The maximum absolute atomic E-state index is 12.2. The molecule has 0 aromatic heterocycles. The molecule has 11 heavy (non-hydrogen) atoms. The van der Waals surface area contributed by atoms with Gasteiger partial charge >= 0.3 is 15.4 Å². The van der Waals surface area contributed by atoms with Crippen LogP contribution in [-0.4, -0.2) is 13.7 Å². The van der Waals surface area contributed by atoms with E-state index in [1.165, 1.54) is 0 Å². The molecule has 0 aromatic carbocycles. The van der Waals surface area contributed by atoms with Crippen molar-refractivity contribution in [3.63, 3.8) is 0 Å². The second-order valence-electron chi connectivity index (χ2n) is 2.20. The third-order valence-corrected chi connectivity index (χ3v) is 2.12. The van der Waals surface area contributed by atoms with E-state index in [4.69, 9.17) is 0 Å². The molecule has 0 rings (SSSR count). The Morgan fingerprint density at radius 1 is 1.36 bits per heavy atom. The molecule has 0 bridgehead atoms. The monoisotopic (exact) mass is 187 g/mol. The molecule has 1 radical (unpaired) electrons. The summed E-state index contributed by atoms with van der Waals surface area (Å²) < 4.78 is 54.0. The zero-order chi connectivity index (χ0) is 9.12. The van der Waals surface area contributed by atoms with E-state index in [9.17, 15) is 21.8 Å². The van der Waals surface area contributed by atoms with E-state index in [1.807, 2.05) is 0 Å². The van der Waals surface area contributed by atoms with Gasteiger partial charge in [0.25, 0.3) is 0 Å². The van der Waals surface area contributed by atoms with Gasteiger partial charge in [0.15, 0.2) is 0 Å². The second kappa shape index (κ2) is 3.44. The van der Waals surface area contributed by atoms with Gasteiger partial charge in [-0.25, -0.2) is 0 Å². The standard InChI is InChI=1S/C5H9F2O3S/c1-2-3-4-5(6,7)11(8,9)10/h2-4H2,1H3. The van der Waals surface area contributed by atoms with E-state index in [2.05, 4.69) is 0 Å². The van der Waals surface area contributed by atoms with E-state index in [0.29, 0.717) is 6.42 Å². The van der Waals surface area contributed by atoms with Gasteiger partial charge in [-0.15, -0.1) is 0 Å². The summed E-state index contributed by atoms with van der Waals surface area (Å²) in [6, 6.07) is 0. The highest BCUT2D eigenvalue weighted by molar-refractivity contribution is 7.86. The van der Waals surface area contributed by atoms with E-state index in [0.717, 1.165) is 0 Å². The van der Waals surface area contributed by atoms with E-state index in [-0.39, 0.29) is 6.42 Å². The summed E-state index contributed by atoms with van der Waals surface area (Å²) in [5.74, 6) is 0. The molecule has 0 saturated carbocycles. The fourth-order valence-electron chi connectivity index (χ4n) is 0.508. The van der Waals surface area contributed by atoms with Crippen LogP contribution in [0.4, 0.5) is 8.78 Å². The first kappa shape index (κ1) is 10.8. The molecule has 3 nitrogen and oxygen atoms in total. The quantitative estimate of drug-likeness (QED) is 0.670. The first-order valence-corrected chi connectivity index (χ1v) is 4.55. The zero-order valence-electron chi connectivity index (χ0n) is 6.01. The molecule has 67 valence electrons. The number of alkyl halides is 2. The fourth-order valence-corrected chi connectivity index (χ4v) is 0.902. The molecule has 0 heterocycles. The van der Waals surface area contributed by atoms with Crippen molar-refractivity contribution in [1.29, 1.82) is 0 Å². The molecule has 0 spiro atoms. The molecule has 0 aromatic rings. The molecule has 0 N–H and O–H groups in total. The van der Waals surface area contributed by atoms with Crippen LogP contribution in [0.15, 0.2) is 0 Å². The maximum Gasteiger partial charge on any atom is 0.372 e. The zero-order valence-corrected chi connectivity index (χ0v) is 6.83. The van der Waals surface area contributed by atoms with Crippen molar-refractivity contribution < 1.29 is 21.8 Å². The van der Waals surface area contributed by atoms with Gasteiger partial charge in [-0.3, -0.25) is 0 Å². The Labute approximate surface area is 64.2 Å². The van der Waals surface area contributed by atoms with Crippen LogP contribution in [0.5, 0.6) is 0 Å². The molecule has 0 unspecified atom stereocenters. The van der Waals surface area contributed by atoms with Crippen LogP contribution in [0, 0.1) is 0 Å². The van der Waals surface area contributed by atoms with E-state index in [1.54, 1.807) is 6.92 Å². The third kappa shape index (κ3) is 3.11. The lowest BCUT2D eigenvalue weighted by Gasteiger charge is -2.09. The van der Waals surface area contributed by atoms with Crippen LogP contribution in [0.25, 0.3) is 0 Å². The number of hydrogen-bond acceptors (Lipinski definition) is 2. The number of hydrogen-bond donors (Lipinski definition) is 0. The van der Waals surface area contributed by atoms with Crippen LogP contribution in [0.1, 0.15) is 26.2 Å². The van der Waals surface area contributed by atoms with Gasteiger partial charge in [0.2, 0.25) is 0 Å². The average Bonchev–Trinajstić information content (AvgIpc) is 1.81. The van der Waals surface area contributed by atoms with Crippen LogP contribution >= 0.6 is 0 Å². The van der Waals surface area contributed by atoms with E-state index < -0.39 is 21.8 Å². The molecule has 0 aliphatic rings. The minimum atomic E-state index is -5.46. The topological polar surface area (TPSA) is 54.0 Å². The lowest BCUT2D eigenvalue weighted by molar-refractivity contribution is 0.0645. The molecule has 0 amide bonds. The number of unbranched alkanes of at least 4 members (excludes halogenated alkanes) is 1. The predicted octanol–water partition coefficient (Wildman–Crippen LogP) is 1.53. The molecule has 0 fully saturated rings. The van der Waals surface area contributed by atoms with Gasteiger partial charge in [0.1, 0.15) is 0 Å². The van der Waals surface area contributed by atoms with Gasteiger partial charge in [-0.2, -0.15) is 17.2 Å². The normalized spacial score (nSPS) is 13.5. The van der Waals surface area contributed by atoms with Crippen LogP contribution in [0.3, 0.4) is 0 Å². The number of halogens is 2. The summed E-state index contributed by atoms with van der Waals surface area (Å²) in [7, 11) is -5.46. The van der Waals surface area contributed by atoms with Crippen molar-refractivity contribution in [3.8, 4) is 0 Å². The Kier molecular flexibility index (Phi) is 3.37. The summed E-state index contributed by atoms with van der Waals surface area (Å²) in [6.45, 7) is 1.63. The van der Waals surface area contributed by atoms with Crippen molar-refractivity contribution in [2.24, 2.45) is 0 Å². The maximum atomic E-state index is 12.2.